The summed E-state index contributed by atoms with van der Waals surface area (Å²) in [6, 6.07) is 2.36. The number of furan rings is 1. The zero-order valence-corrected chi connectivity index (χ0v) is 15.1. The van der Waals surface area contributed by atoms with Gasteiger partial charge in [0, 0.05) is 44.7 Å². The molecule has 3 aromatic rings. The summed E-state index contributed by atoms with van der Waals surface area (Å²) < 4.78 is 45.3. The maximum atomic E-state index is 13.1. The zero-order chi connectivity index (χ0) is 21.1. The molecule has 150 valence electrons. The lowest BCUT2D eigenvalue weighted by atomic mass is 10.1. The number of hydrogen-bond acceptors (Lipinski definition) is 4. The molecule has 2 N–H and O–H groups in total. The normalized spacial score (nSPS) is 10.9. The monoisotopic (exact) mass is 398 g/mol. The van der Waals surface area contributed by atoms with Crippen LogP contribution in [0.4, 0.5) is 18.0 Å². The van der Waals surface area contributed by atoms with Gasteiger partial charge in [0.15, 0.2) is 5.69 Å². The third-order valence-electron chi connectivity index (χ3n) is 3.55. The molecule has 0 bridgehead atoms. The molecule has 0 aliphatic heterocycles. The number of carbonyl (C=O) groups is 2. The van der Waals surface area contributed by atoms with Gasteiger partial charge in [-0.15, -0.1) is 0 Å². The van der Waals surface area contributed by atoms with E-state index in [0.29, 0.717) is 5.56 Å². The molecule has 0 aliphatic carbocycles. The molecule has 3 aromatic heterocycles. The van der Waals surface area contributed by atoms with E-state index in [0.717, 1.165) is 16.7 Å². The number of rotatable bonds is 2. The van der Waals surface area contributed by atoms with Crippen LogP contribution in [0.25, 0.3) is 16.8 Å². The lowest BCUT2D eigenvalue weighted by molar-refractivity contribution is -0.136. The first-order chi connectivity index (χ1) is 13.0. The number of aromatic carboxylic acids is 1. The molecule has 3 heterocycles. The van der Waals surface area contributed by atoms with E-state index in [4.69, 9.17) is 9.52 Å². The van der Waals surface area contributed by atoms with Crippen molar-refractivity contribution < 1.29 is 32.3 Å². The van der Waals surface area contributed by atoms with Crippen molar-refractivity contribution in [1.29, 1.82) is 0 Å². The van der Waals surface area contributed by atoms with Crippen LogP contribution in [0.3, 0.4) is 0 Å². The van der Waals surface area contributed by atoms with E-state index in [1.165, 1.54) is 29.7 Å². The van der Waals surface area contributed by atoms with Gasteiger partial charge in [-0.25, -0.2) is 14.6 Å². The molecular weight excluding hydrogens is 381 g/mol. The summed E-state index contributed by atoms with van der Waals surface area (Å²) in [7, 11) is 4.99. The Labute approximate surface area is 157 Å². The summed E-state index contributed by atoms with van der Waals surface area (Å²) >= 11 is 0. The number of nitrogens with zero attached hydrogens (tertiary/aromatic N) is 3. The first-order valence-corrected chi connectivity index (χ1v) is 7.79. The summed E-state index contributed by atoms with van der Waals surface area (Å²) in [6.07, 6.45) is 0.396. The first kappa shape index (κ1) is 20.8. The van der Waals surface area contributed by atoms with Gasteiger partial charge >= 0.3 is 18.2 Å². The molecule has 0 saturated heterocycles. The Hall–Kier alpha value is -3.50. The number of carbonyl (C=O) groups excluding carboxylic acids is 1. The van der Waals surface area contributed by atoms with Crippen LogP contribution in [0.5, 0.6) is 0 Å². The van der Waals surface area contributed by atoms with E-state index < -0.39 is 29.1 Å². The summed E-state index contributed by atoms with van der Waals surface area (Å²) in [5, 5.41) is 11.3. The van der Waals surface area contributed by atoms with E-state index in [1.807, 2.05) is 0 Å². The predicted octanol–water partition coefficient (Wildman–Crippen LogP) is 3.20. The molecule has 3 rings (SSSR count). The molecule has 0 aromatic carbocycles. The molecule has 28 heavy (non-hydrogen) atoms. The van der Waals surface area contributed by atoms with Gasteiger partial charge in [-0.05, 0) is 12.1 Å². The lowest BCUT2D eigenvalue weighted by Gasteiger charge is -2.10. The average molecular weight is 398 g/mol. The number of hydrogen-bond donors (Lipinski definition) is 2. The summed E-state index contributed by atoms with van der Waals surface area (Å²) in [5.74, 6) is -1.39. The highest BCUT2D eigenvalue weighted by Gasteiger charge is 2.35. The van der Waals surface area contributed by atoms with E-state index in [-0.39, 0.29) is 11.6 Å². The third kappa shape index (κ3) is 4.61. The van der Waals surface area contributed by atoms with Crippen LogP contribution in [0.1, 0.15) is 16.1 Å². The van der Waals surface area contributed by atoms with Crippen LogP contribution < -0.4 is 5.32 Å². The zero-order valence-electron chi connectivity index (χ0n) is 15.1. The summed E-state index contributed by atoms with van der Waals surface area (Å²) in [6.45, 7) is 0. The fraction of sp³-hybridized carbons (Fsp3) is 0.235. The molecule has 0 atom stereocenters. The van der Waals surface area contributed by atoms with Crippen molar-refractivity contribution >= 4 is 17.6 Å². The van der Waals surface area contributed by atoms with E-state index in [9.17, 15) is 22.8 Å². The molecular formula is C17H17F3N4O4. The second-order valence-electron chi connectivity index (χ2n) is 5.76. The Morgan fingerprint density at radius 1 is 1.25 bits per heavy atom. The third-order valence-corrected chi connectivity index (χ3v) is 3.55. The Balaban J connectivity index is 0.000000345. The minimum absolute atomic E-state index is 0.0694. The maximum absolute atomic E-state index is 13.1. The highest BCUT2D eigenvalue weighted by molar-refractivity contribution is 5.86. The first-order valence-electron chi connectivity index (χ1n) is 7.79. The quantitative estimate of drug-likeness (QED) is 0.691. The Morgan fingerprint density at radius 2 is 1.93 bits per heavy atom. The largest absolute Gasteiger partial charge is 0.476 e. The molecule has 8 nitrogen and oxygen atoms in total. The van der Waals surface area contributed by atoms with E-state index >= 15 is 0 Å². The van der Waals surface area contributed by atoms with Crippen LogP contribution in [0.2, 0.25) is 0 Å². The van der Waals surface area contributed by atoms with Crippen molar-refractivity contribution in [3.63, 3.8) is 0 Å². The predicted molar refractivity (Wildman–Crippen MR) is 93.0 cm³/mol. The number of halogens is 3. The van der Waals surface area contributed by atoms with Crippen molar-refractivity contribution in [2.24, 2.45) is 0 Å². The van der Waals surface area contributed by atoms with Crippen molar-refractivity contribution in [1.82, 2.24) is 19.6 Å². The number of urea groups is 1. The van der Waals surface area contributed by atoms with Gasteiger partial charge in [0.05, 0.1) is 18.1 Å². The summed E-state index contributed by atoms with van der Waals surface area (Å²) in [5.41, 5.74) is -1.21. The fourth-order valence-electron chi connectivity index (χ4n) is 2.22. The van der Waals surface area contributed by atoms with Gasteiger partial charge in [-0.3, -0.25) is 0 Å². The average Bonchev–Trinajstić information content (AvgIpc) is 3.28. The molecule has 0 saturated carbocycles. The number of nitrogens with one attached hydrogen (secondary N) is 1. The lowest BCUT2D eigenvalue weighted by Crippen LogP contribution is -2.31. The fourth-order valence-corrected chi connectivity index (χ4v) is 2.22. The Morgan fingerprint density at radius 3 is 2.36 bits per heavy atom. The van der Waals surface area contributed by atoms with Gasteiger partial charge in [-0.2, -0.15) is 13.2 Å². The summed E-state index contributed by atoms with van der Waals surface area (Å²) in [4.78, 5) is 26.2. The number of alkyl halides is 3. The van der Waals surface area contributed by atoms with Crippen LogP contribution in [0.15, 0.2) is 41.5 Å². The van der Waals surface area contributed by atoms with Crippen LogP contribution in [-0.4, -0.2) is 52.5 Å². The van der Waals surface area contributed by atoms with Crippen molar-refractivity contribution in [3.8, 4) is 11.1 Å². The van der Waals surface area contributed by atoms with Crippen LogP contribution in [0, 0.1) is 0 Å². The molecule has 2 amide bonds. The second kappa shape index (κ2) is 8.03. The second-order valence-corrected chi connectivity index (χ2v) is 5.76. The van der Waals surface area contributed by atoms with Gasteiger partial charge in [0.2, 0.25) is 0 Å². The maximum Gasteiger partial charge on any atom is 0.420 e. The standard InChI is InChI=1S/C13H7F3N2O3.C4H10N2O/c14-13(15,16)9-3-8(7-1-2-21-6-7)4-18-5-10(12(19)20)17-11(9)18;1-5-4(7)6(2)3/h1-6H,(H,19,20);1-3H3,(H,5,7). The minimum atomic E-state index is -4.65. The molecule has 11 heteroatoms. The van der Waals surface area contributed by atoms with Crippen molar-refractivity contribution in [2.45, 2.75) is 6.18 Å². The number of fused-ring (bicyclic) bond motifs is 1. The number of aromatic nitrogens is 2. The molecule has 0 radical (unpaired) electrons. The van der Waals surface area contributed by atoms with Gasteiger partial charge in [-0.1, -0.05) is 0 Å². The van der Waals surface area contributed by atoms with E-state index in [1.54, 1.807) is 21.1 Å². The van der Waals surface area contributed by atoms with Crippen molar-refractivity contribution in [2.75, 3.05) is 21.1 Å². The number of carboxylic acids is 1. The topological polar surface area (TPSA) is 100 Å². The SMILES string of the molecule is CNC(=O)N(C)C.O=C(O)c1cn2cc(-c3ccoc3)cc(C(F)(F)F)c2n1. The highest BCUT2D eigenvalue weighted by atomic mass is 19.4. The smallest absolute Gasteiger partial charge is 0.420 e. The number of imidazole rings is 1. The van der Waals surface area contributed by atoms with Gasteiger partial charge in [0.25, 0.3) is 0 Å². The van der Waals surface area contributed by atoms with Crippen LogP contribution in [-0.2, 0) is 6.18 Å². The van der Waals surface area contributed by atoms with Gasteiger partial charge in [0.1, 0.15) is 5.65 Å². The number of carboxylic acid groups (broad SMARTS) is 1. The minimum Gasteiger partial charge on any atom is -0.476 e. The number of pyridine rings is 1. The van der Waals surface area contributed by atoms with E-state index in [2.05, 4.69) is 10.3 Å². The number of amides is 2. The molecule has 0 spiro atoms. The van der Waals surface area contributed by atoms with Crippen LogP contribution >= 0.6 is 0 Å². The molecule has 0 unspecified atom stereocenters. The Bertz CT molecular complexity index is 978. The van der Waals surface area contributed by atoms with Crippen molar-refractivity contribution in [3.05, 3.63) is 48.3 Å². The van der Waals surface area contributed by atoms with Gasteiger partial charge < -0.3 is 24.1 Å². The highest BCUT2D eigenvalue weighted by Crippen LogP contribution is 2.35. The Kier molecular flexibility index (Phi) is 5.96. The molecule has 0 aliphatic rings. The molecule has 0 fully saturated rings.